The Bertz CT molecular complexity index is 763. The van der Waals surface area contributed by atoms with E-state index < -0.39 is 16.1 Å². The summed E-state index contributed by atoms with van der Waals surface area (Å²) in [5, 5.41) is 2.48. The lowest BCUT2D eigenvalue weighted by molar-refractivity contribution is 0.0963. The standard InChI is InChI=1S/C15H18N2O4S/c1-10-4-9-14(21-10)11(2)17-22(19,20)13-7-5-12(6-8-13)15(18)16-3/h4-9,11,17H,1-3H3,(H,16,18)/t11-/m0/s1. The van der Waals surface area contributed by atoms with Crippen molar-refractivity contribution < 1.29 is 17.6 Å². The summed E-state index contributed by atoms with van der Waals surface area (Å²) in [5.41, 5.74) is 0.399. The van der Waals surface area contributed by atoms with Gasteiger partial charge < -0.3 is 9.73 Å². The van der Waals surface area contributed by atoms with Crippen LogP contribution in [-0.2, 0) is 10.0 Å². The number of carbonyl (C=O) groups excluding carboxylic acids is 1. The van der Waals surface area contributed by atoms with Crippen LogP contribution >= 0.6 is 0 Å². The Morgan fingerprint density at radius 1 is 1.14 bits per heavy atom. The van der Waals surface area contributed by atoms with Crippen LogP contribution in [0.25, 0.3) is 0 Å². The molecule has 0 aliphatic rings. The van der Waals surface area contributed by atoms with Gasteiger partial charge in [0, 0.05) is 12.6 Å². The summed E-state index contributed by atoms with van der Waals surface area (Å²) in [5.74, 6) is 0.996. The lowest BCUT2D eigenvalue weighted by Gasteiger charge is -2.12. The Morgan fingerprint density at radius 2 is 1.77 bits per heavy atom. The van der Waals surface area contributed by atoms with E-state index in [0.717, 1.165) is 5.76 Å². The van der Waals surface area contributed by atoms with E-state index >= 15 is 0 Å². The maximum Gasteiger partial charge on any atom is 0.251 e. The van der Waals surface area contributed by atoms with Crippen molar-refractivity contribution in [3.8, 4) is 0 Å². The summed E-state index contributed by atoms with van der Waals surface area (Å²) >= 11 is 0. The first kappa shape index (κ1) is 16.3. The van der Waals surface area contributed by atoms with Gasteiger partial charge in [0.15, 0.2) is 0 Å². The van der Waals surface area contributed by atoms with Crippen LogP contribution in [0.5, 0.6) is 0 Å². The second-order valence-electron chi connectivity index (χ2n) is 4.89. The predicted molar refractivity (Wildman–Crippen MR) is 82.0 cm³/mol. The van der Waals surface area contributed by atoms with E-state index in [-0.39, 0.29) is 10.8 Å². The van der Waals surface area contributed by atoms with Crippen molar-refractivity contribution in [3.05, 3.63) is 53.5 Å². The molecule has 118 valence electrons. The molecule has 0 aliphatic carbocycles. The number of benzene rings is 1. The molecule has 6 nitrogen and oxygen atoms in total. The maximum absolute atomic E-state index is 12.3. The molecular weight excluding hydrogens is 304 g/mol. The van der Waals surface area contributed by atoms with Gasteiger partial charge in [-0.25, -0.2) is 13.1 Å². The molecule has 0 saturated heterocycles. The molecule has 2 N–H and O–H groups in total. The summed E-state index contributed by atoms with van der Waals surface area (Å²) in [6.45, 7) is 3.50. The van der Waals surface area contributed by atoms with Gasteiger partial charge in [-0.15, -0.1) is 0 Å². The third-order valence-electron chi connectivity index (χ3n) is 3.17. The summed E-state index contributed by atoms with van der Waals surface area (Å²) in [7, 11) is -2.17. The highest BCUT2D eigenvalue weighted by Gasteiger charge is 2.20. The average molecular weight is 322 g/mol. The number of rotatable bonds is 5. The van der Waals surface area contributed by atoms with E-state index in [2.05, 4.69) is 10.0 Å². The van der Waals surface area contributed by atoms with Crippen molar-refractivity contribution >= 4 is 15.9 Å². The zero-order valence-corrected chi connectivity index (χ0v) is 13.4. The molecule has 22 heavy (non-hydrogen) atoms. The third kappa shape index (κ3) is 3.55. The van der Waals surface area contributed by atoms with Crippen LogP contribution in [0.2, 0.25) is 0 Å². The molecule has 0 radical (unpaired) electrons. The largest absolute Gasteiger partial charge is 0.465 e. The molecule has 1 atom stereocenters. The van der Waals surface area contributed by atoms with Gasteiger partial charge in [0.1, 0.15) is 11.5 Å². The van der Waals surface area contributed by atoms with Gasteiger partial charge in [0.05, 0.1) is 10.9 Å². The summed E-state index contributed by atoms with van der Waals surface area (Å²) in [6, 6.07) is 8.75. The topological polar surface area (TPSA) is 88.4 Å². The Balaban J connectivity index is 2.18. The van der Waals surface area contributed by atoms with E-state index in [9.17, 15) is 13.2 Å². The lowest BCUT2D eigenvalue weighted by atomic mass is 10.2. The van der Waals surface area contributed by atoms with Crippen LogP contribution in [0.15, 0.2) is 45.7 Å². The Kier molecular flexibility index (Phi) is 4.68. The number of hydrogen-bond acceptors (Lipinski definition) is 4. The fourth-order valence-electron chi connectivity index (χ4n) is 1.97. The summed E-state index contributed by atoms with van der Waals surface area (Å²) in [6.07, 6.45) is 0. The van der Waals surface area contributed by atoms with Gasteiger partial charge in [-0.1, -0.05) is 0 Å². The lowest BCUT2D eigenvalue weighted by Crippen LogP contribution is -2.26. The first-order valence-corrected chi connectivity index (χ1v) is 8.22. The monoisotopic (exact) mass is 322 g/mol. The van der Waals surface area contributed by atoms with Crippen LogP contribution in [0.4, 0.5) is 0 Å². The number of hydrogen-bond donors (Lipinski definition) is 2. The molecule has 0 saturated carbocycles. The van der Waals surface area contributed by atoms with E-state index in [4.69, 9.17) is 4.42 Å². The zero-order chi connectivity index (χ0) is 16.3. The van der Waals surface area contributed by atoms with Gasteiger partial charge in [-0.3, -0.25) is 4.79 Å². The average Bonchev–Trinajstić information content (AvgIpc) is 2.93. The zero-order valence-electron chi connectivity index (χ0n) is 12.6. The molecule has 0 spiro atoms. The Hall–Kier alpha value is -2.12. The molecule has 0 aliphatic heterocycles. The second-order valence-corrected chi connectivity index (χ2v) is 6.61. The number of furan rings is 1. The fraction of sp³-hybridized carbons (Fsp3) is 0.267. The Labute approximate surface area is 129 Å². The van der Waals surface area contributed by atoms with Crippen molar-refractivity contribution in [2.24, 2.45) is 0 Å². The number of amides is 1. The van der Waals surface area contributed by atoms with Crippen LogP contribution in [0, 0.1) is 6.92 Å². The molecule has 0 fully saturated rings. The van der Waals surface area contributed by atoms with Gasteiger partial charge in [0.25, 0.3) is 5.91 Å². The van der Waals surface area contributed by atoms with E-state index in [1.807, 2.05) is 0 Å². The Morgan fingerprint density at radius 3 is 2.27 bits per heavy atom. The molecule has 1 heterocycles. The van der Waals surface area contributed by atoms with Crippen LogP contribution in [0.1, 0.15) is 34.8 Å². The molecule has 2 aromatic rings. The highest BCUT2D eigenvalue weighted by molar-refractivity contribution is 7.89. The van der Waals surface area contributed by atoms with Crippen LogP contribution in [-0.4, -0.2) is 21.4 Å². The molecule has 2 rings (SSSR count). The van der Waals surface area contributed by atoms with Crippen molar-refractivity contribution in [1.82, 2.24) is 10.0 Å². The molecule has 0 unspecified atom stereocenters. The molecular formula is C15H18N2O4S. The van der Waals surface area contributed by atoms with E-state index in [1.165, 1.54) is 31.3 Å². The first-order valence-electron chi connectivity index (χ1n) is 6.74. The van der Waals surface area contributed by atoms with Gasteiger partial charge >= 0.3 is 0 Å². The normalized spacial score (nSPS) is 12.9. The predicted octanol–water partition coefficient (Wildman–Crippen LogP) is 1.99. The molecule has 1 aromatic heterocycles. The summed E-state index contributed by atoms with van der Waals surface area (Å²) < 4.78 is 32.6. The highest BCUT2D eigenvalue weighted by Crippen LogP contribution is 2.19. The number of carbonyl (C=O) groups is 1. The molecule has 1 amide bonds. The van der Waals surface area contributed by atoms with Crippen molar-refractivity contribution in [1.29, 1.82) is 0 Å². The maximum atomic E-state index is 12.3. The second kappa shape index (κ2) is 6.33. The summed E-state index contributed by atoms with van der Waals surface area (Å²) in [4.78, 5) is 11.5. The molecule has 7 heteroatoms. The van der Waals surface area contributed by atoms with Crippen molar-refractivity contribution in [2.45, 2.75) is 24.8 Å². The van der Waals surface area contributed by atoms with Crippen molar-refractivity contribution in [3.63, 3.8) is 0 Å². The minimum absolute atomic E-state index is 0.0929. The minimum Gasteiger partial charge on any atom is -0.465 e. The van der Waals surface area contributed by atoms with E-state index in [1.54, 1.807) is 26.0 Å². The minimum atomic E-state index is -3.69. The quantitative estimate of drug-likeness (QED) is 0.881. The number of aryl methyl sites for hydroxylation is 1. The molecule has 1 aromatic carbocycles. The van der Waals surface area contributed by atoms with Crippen LogP contribution < -0.4 is 10.0 Å². The van der Waals surface area contributed by atoms with Gasteiger partial charge in [0.2, 0.25) is 10.0 Å². The van der Waals surface area contributed by atoms with Crippen molar-refractivity contribution in [2.75, 3.05) is 7.05 Å². The highest BCUT2D eigenvalue weighted by atomic mass is 32.2. The SMILES string of the molecule is CNC(=O)c1ccc(S(=O)(=O)N[C@@H](C)c2ccc(C)o2)cc1. The van der Waals surface area contributed by atoms with Crippen LogP contribution in [0.3, 0.4) is 0 Å². The third-order valence-corrected chi connectivity index (χ3v) is 4.73. The van der Waals surface area contributed by atoms with E-state index in [0.29, 0.717) is 11.3 Å². The first-order chi connectivity index (χ1) is 10.3. The van der Waals surface area contributed by atoms with Gasteiger partial charge in [-0.05, 0) is 50.2 Å². The number of sulfonamides is 1. The smallest absolute Gasteiger partial charge is 0.251 e. The number of nitrogens with one attached hydrogen (secondary N) is 2. The fourth-order valence-corrected chi connectivity index (χ4v) is 3.19. The molecule has 0 bridgehead atoms. The van der Waals surface area contributed by atoms with Gasteiger partial charge in [-0.2, -0.15) is 0 Å².